The second kappa shape index (κ2) is 13.9. The number of piperazine rings is 2. The summed E-state index contributed by atoms with van der Waals surface area (Å²) in [6, 6.07) is 3.07. The highest BCUT2D eigenvalue weighted by molar-refractivity contribution is 7.99. The van der Waals surface area contributed by atoms with Crippen molar-refractivity contribution in [3.63, 3.8) is 0 Å². The number of benzene rings is 2. The van der Waals surface area contributed by atoms with Crippen molar-refractivity contribution in [3.05, 3.63) is 64.6 Å². The number of ether oxygens (including phenoxy) is 1. The van der Waals surface area contributed by atoms with Crippen LogP contribution >= 0.6 is 25.3 Å². The van der Waals surface area contributed by atoms with Gasteiger partial charge in [-0.3, -0.25) is 19.2 Å². The van der Waals surface area contributed by atoms with Gasteiger partial charge < -0.3 is 14.5 Å². The molecule has 0 spiro atoms. The van der Waals surface area contributed by atoms with Gasteiger partial charge in [-0.2, -0.15) is 31.7 Å². The molecule has 49 heavy (non-hydrogen) atoms. The molecule has 4 aliphatic heterocycles. The van der Waals surface area contributed by atoms with Gasteiger partial charge in [-0.1, -0.05) is 6.58 Å². The molecule has 0 unspecified atom stereocenters. The van der Waals surface area contributed by atoms with Crippen LogP contribution in [0.2, 0.25) is 0 Å². The average Bonchev–Trinajstić information content (AvgIpc) is 3.02. The fourth-order valence-corrected chi connectivity index (χ4v) is 8.60. The number of hydrogen-bond acceptors (Lipinski definition) is 8. The fraction of sp³-hybridized carbons (Fsp3) is 0.485. The van der Waals surface area contributed by atoms with Crippen LogP contribution in [0.1, 0.15) is 18.5 Å². The molecule has 5 heterocycles. The van der Waals surface area contributed by atoms with Gasteiger partial charge in [0.25, 0.3) is 0 Å². The quantitative estimate of drug-likeness (QED) is 0.275. The van der Waals surface area contributed by atoms with Crippen molar-refractivity contribution in [3.8, 4) is 11.1 Å². The second-order valence-electron chi connectivity index (χ2n) is 12.8. The maximum absolute atomic E-state index is 15.3. The van der Waals surface area contributed by atoms with E-state index >= 15 is 4.39 Å². The first-order chi connectivity index (χ1) is 22.9. The lowest BCUT2D eigenvalue weighted by Crippen LogP contribution is -2.57. The van der Waals surface area contributed by atoms with Crippen molar-refractivity contribution >= 4 is 47.9 Å². The normalized spacial score (nSPS) is 22.2. The number of amides is 1. The Balaban J connectivity index is 0.00000417. The molecule has 0 radical (unpaired) electrons. The van der Waals surface area contributed by atoms with Crippen LogP contribution in [-0.4, -0.2) is 114 Å². The number of halogens is 5. The summed E-state index contributed by atoms with van der Waals surface area (Å²) < 4.78 is 80.9. The zero-order valence-electron chi connectivity index (χ0n) is 26.8. The van der Waals surface area contributed by atoms with E-state index in [0.717, 1.165) is 69.4 Å². The van der Waals surface area contributed by atoms with E-state index < -0.39 is 46.2 Å². The highest BCUT2D eigenvalue weighted by Crippen LogP contribution is 2.50. The Labute approximate surface area is 291 Å². The van der Waals surface area contributed by atoms with Crippen molar-refractivity contribution < 1.29 is 31.5 Å². The molecule has 9 nitrogen and oxygen atoms in total. The molecular weight excluding hydrogens is 688 g/mol. The summed E-state index contributed by atoms with van der Waals surface area (Å²) in [5.74, 6) is -1.97. The van der Waals surface area contributed by atoms with Crippen molar-refractivity contribution in [2.75, 3.05) is 76.2 Å². The van der Waals surface area contributed by atoms with Crippen LogP contribution in [0.4, 0.5) is 27.8 Å². The lowest BCUT2D eigenvalue weighted by atomic mass is 9.95. The molecule has 0 bridgehead atoms. The monoisotopic (exact) mass is 724 g/mol. The van der Waals surface area contributed by atoms with Crippen molar-refractivity contribution in [2.24, 2.45) is 0 Å². The van der Waals surface area contributed by atoms with E-state index in [1.54, 1.807) is 9.80 Å². The van der Waals surface area contributed by atoms with Crippen molar-refractivity contribution in [1.82, 2.24) is 24.3 Å². The number of carbonyl (C=O) groups is 1. The minimum Gasteiger partial charge on any atom is -0.378 e. The number of anilines is 1. The first kappa shape index (κ1) is 35.6. The molecule has 0 saturated carbocycles. The summed E-state index contributed by atoms with van der Waals surface area (Å²) in [6.45, 7) is 11.2. The van der Waals surface area contributed by atoms with Crippen molar-refractivity contribution in [2.45, 2.75) is 36.1 Å². The van der Waals surface area contributed by atoms with Crippen LogP contribution in [0, 0.1) is 11.6 Å². The maximum atomic E-state index is 15.3. The van der Waals surface area contributed by atoms with E-state index in [2.05, 4.69) is 21.4 Å². The Kier molecular flexibility index (Phi) is 10.1. The molecule has 4 aliphatic rings. The minimum atomic E-state index is -4.91. The summed E-state index contributed by atoms with van der Waals surface area (Å²) in [6.07, 6.45) is -3.71. The Hall–Kier alpha value is -3.18. The summed E-state index contributed by atoms with van der Waals surface area (Å²) >= 11 is 1.15. The molecule has 0 aliphatic carbocycles. The van der Waals surface area contributed by atoms with Gasteiger partial charge >= 0.3 is 11.9 Å². The fourth-order valence-electron chi connectivity index (χ4n) is 7.27. The van der Waals surface area contributed by atoms with E-state index in [1.165, 1.54) is 10.6 Å². The summed E-state index contributed by atoms with van der Waals surface area (Å²) in [5, 5.41) is 0.116. The van der Waals surface area contributed by atoms with Gasteiger partial charge in [-0.25, -0.2) is 13.6 Å². The number of rotatable bonds is 6. The van der Waals surface area contributed by atoms with E-state index in [0.29, 0.717) is 18.7 Å². The number of hydrogen-bond donors (Lipinski definition) is 0. The SMILES string of the molecule is C=CC(=O)N1CCN(c2nc(=O)n3c4c(c(-c5ccc(F)cc5F)c(C(F)(F)F)cc24)SC[C@@H]3CN2CCN(C3COC3)CC2)[C@@H](C)C1.S. The molecule has 3 saturated heterocycles. The third kappa shape index (κ3) is 6.57. The predicted octanol–water partition coefficient (Wildman–Crippen LogP) is 4.36. The molecular formula is C33H37F5N6O3S2. The smallest absolute Gasteiger partial charge is 0.378 e. The lowest BCUT2D eigenvalue weighted by molar-refractivity contribution is -0.137. The predicted molar refractivity (Wildman–Crippen MR) is 183 cm³/mol. The highest BCUT2D eigenvalue weighted by atomic mass is 32.2. The Morgan fingerprint density at radius 1 is 1.10 bits per heavy atom. The summed E-state index contributed by atoms with van der Waals surface area (Å²) in [5.41, 5.74) is -2.28. The molecule has 2 atom stereocenters. The van der Waals surface area contributed by atoms with Crippen LogP contribution in [0.15, 0.2) is 46.6 Å². The first-order valence-electron chi connectivity index (χ1n) is 16.0. The average molecular weight is 725 g/mol. The zero-order chi connectivity index (χ0) is 33.9. The van der Waals surface area contributed by atoms with Crippen LogP contribution in [0.25, 0.3) is 22.0 Å². The molecule has 3 aromatic rings. The Morgan fingerprint density at radius 3 is 2.45 bits per heavy atom. The van der Waals surface area contributed by atoms with Gasteiger partial charge in [0.1, 0.15) is 17.5 Å². The van der Waals surface area contributed by atoms with Gasteiger partial charge in [-0.05, 0) is 31.2 Å². The largest absolute Gasteiger partial charge is 0.417 e. The second-order valence-corrected chi connectivity index (χ2v) is 13.8. The van der Waals surface area contributed by atoms with E-state index in [1.807, 2.05) is 6.92 Å². The molecule has 2 aromatic carbocycles. The third-order valence-corrected chi connectivity index (χ3v) is 11.1. The number of aromatic nitrogens is 2. The maximum Gasteiger partial charge on any atom is 0.417 e. The molecule has 264 valence electrons. The number of alkyl halides is 3. The molecule has 3 fully saturated rings. The van der Waals surface area contributed by atoms with Crippen LogP contribution in [-0.2, 0) is 15.7 Å². The topological polar surface area (TPSA) is 74.2 Å². The summed E-state index contributed by atoms with van der Waals surface area (Å²) in [7, 11) is 0. The van der Waals surface area contributed by atoms with E-state index in [-0.39, 0.29) is 72.4 Å². The van der Waals surface area contributed by atoms with Gasteiger partial charge in [0.2, 0.25) is 5.91 Å². The number of nitrogens with zero attached hydrogens (tertiary/aromatic N) is 6. The third-order valence-electron chi connectivity index (χ3n) is 9.83. The van der Waals surface area contributed by atoms with Gasteiger partial charge in [0, 0.05) is 91.6 Å². The molecule has 0 N–H and O–H groups in total. The van der Waals surface area contributed by atoms with Crippen LogP contribution in [0.3, 0.4) is 0 Å². The number of thioether (sulfide) groups is 1. The standard InChI is InChI=1S/C33H35F5N6O3S.H2S/c1-3-27(45)42-10-11-43(19(2)14-42)31-24-13-25(33(36,37)38)28(23-5-4-20(34)12-26(23)35)30-29(24)44(32(46)39-31)21(18-48-30)15-40-6-8-41(9-7-40)22-16-47-17-22;/h3-5,12-13,19,21-22H,1,6-11,14-18H2,2H3;1H2/t19-,21-;/m0./s1. The first-order valence-corrected chi connectivity index (χ1v) is 16.9. The van der Waals surface area contributed by atoms with E-state index in [9.17, 15) is 27.2 Å². The minimum absolute atomic E-state index is 0. The molecule has 1 aromatic heterocycles. The lowest BCUT2D eigenvalue weighted by Gasteiger charge is -2.44. The zero-order valence-corrected chi connectivity index (χ0v) is 28.6. The van der Waals surface area contributed by atoms with Gasteiger partial charge in [-0.15, -0.1) is 11.8 Å². The van der Waals surface area contributed by atoms with Crippen LogP contribution in [0.5, 0.6) is 0 Å². The molecule has 1 amide bonds. The van der Waals surface area contributed by atoms with Gasteiger partial charge in [0.05, 0.1) is 36.4 Å². The Morgan fingerprint density at radius 2 is 1.84 bits per heavy atom. The Bertz CT molecular complexity index is 1830. The molecule has 7 rings (SSSR count). The summed E-state index contributed by atoms with van der Waals surface area (Å²) in [4.78, 5) is 38.9. The van der Waals surface area contributed by atoms with E-state index in [4.69, 9.17) is 4.74 Å². The molecule has 16 heteroatoms. The van der Waals surface area contributed by atoms with Crippen LogP contribution < -0.4 is 10.6 Å². The number of carbonyl (C=O) groups excluding carboxylic acids is 1. The highest BCUT2D eigenvalue weighted by Gasteiger charge is 2.41. The van der Waals surface area contributed by atoms with Crippen molar-refractivity contribution in [1.29, 1.82) is 0 Å². The van der Waals surface area contributed by atoms with Gasteiger partial charge in [0.15, 0.2) is 0 Å².